The van der Waals surface area contributed by atoms with E-state index in [0.29, 0.717) is 18.5 Å². The van der Waals surface area contributed by atoms with Gasteiger partial charge in [-0.15, -0.1) is 0 Å². The van der Waals surface area contributed by atoms with Gasteiger partial charge in [0.15, 0.2) is 0 Å². The van der Waals surface area contributed by atoms with Crippen molar-refractivity contribution in [1.82, 2.24) is 15.8 Å². The van der Waals surface area contributed by atoms with Gasteiger partial charge in [-0.25, -0.2) is 9.59 Å². The molecule has 2 rings (SSSR count). The molecule has 2 aromatic rings. The quantitative estimate of drug-likeness (QED) is 0.306. The van der Waals surface area contributed by atoms with Crippen LogP contribution in [-0.2, 0) is 20.9 Å². The van der Waals surface area contributed by atoms with Crippen molar-refractivity contribution in [3.63, 3.8) is 0 Å². The van der Waals surface area contributed by atoms with Crippen LogP contribution in [0, 0.1) is 0 Å². The second kappa shape index (κ2) is 10.8. The molecule has 0 aliphatic carbocycles. The van der Waals surface area contributed by atoms with E-state index in [9.17, 15) is 19.5 Å². The van der Waals surface area contributed by atoms with Crippen LogP contribution >= 0.6 is 0 Å². The molecule has 11 nitrogen and oxygen atoms in total. The maximum Gasteiger partial charge on any atom is 0.409 e. The predicted molar refractivity (Wildman–Crippen MR) is 98.6 cm³/mol. The molecule has 11 heteroatoms. The summed E-state index contributed by atoms with van der Waals surface area (Å²) in [6, 6.07) is 10.0. The lowest BCUT2D eigenvalue weighted by atomic mass is 10.1. The lowest BCUT2D eigenvalue weighted by Gasteiger charge is -2.30. The molecular weight excluding hydrogens is 384 g/mol. The Balaban J connectivity index is 2.10. The highest BCUT2D eigenvalue weighted by Gasteiger charge is 2.43. The van der Waals surface area contributed by atoms with E-state index in [0.717, 1.165) is 0 Å². The van der Waals surface area contributed by atoms with Crippen molar-refractivity contribution in [1.29, 1.82) is 0 Å². The third-order valence-electron chi connectivity index (χ3n) is 3.69. The zero-order valence-electron chi connectivity index (χ0n) is 15.5. The van der Waals surface area contributed by atoms with Crippen LogP contribution in [-0.4, -0.2) is 53.7 Å². The molecule has 1 aromatic heterocycles. The number of amides is 2. The number of carboxylic acids is 1. The Labute approximate surface area is 166 Å². The third-order valence-corrected chi connectivity index (χ3v) is 3.69. The summed E-state index contributed by atoms with van der Waals surface area (Å²) in [5, 5.41) is 17.5. The standard InChI is InChI=1S/C18H22N4O7/c19-8-4-10-27-12-18(16(24)25,21-15(23)14-7-9-20-29-14)22-17(26)28-11-13-5-2-1-3-6-13/h1-3,5-7,9H,4,8,10-12,19H2,(H,21,23)(H,22,26)(H,24,25)/t18-/m0/s1. The Kier molecular flexibility index (Phi) is 8.12. The normalized spacial score (nSPS) is 12.6. The van der Waals surface area contributed by atoms with Gasteiger partial charge < -0.3 is 30.2 Å². The highest BCUT2D eigenvalue weighted by Crippen LogP contribution is 2.09. The van der Waals surface area contributed by atoms with Crippen molar-refractivity contribution < 1.29 is 33.5 Å². The Hall–Kier alpha value is -3.44. The fourth-order valence-corrected chi connectivity index (χ4v) is 2.20. The second-order valence-electron chi connectivity index (χ2n) is 5.92. The van der Waals surface area contributed by atoms with Crippen LogP contribution in [0.15, 0.2) is 47.1 Å². The summed E-state index contributed by atoms with van der Waals surface area (Å²) < 4.78 is 15.1. The Bertz CT molecular complexity index is 798. The van der Waals surface area contributed by atoms with Gasteiger partial charge in [-0.3, -0.25) is 10.1 Å². The van der Waals surface area contributed by atoms with Crippen molar-refractivity contribution >= 4 is 18.0 Å². The molecule has 0 spiro atoms. The van der Waals surface area contributed by atoms with E-state index < -0.39 is 30.2 Å². The van der Waals surface area contributed by atoms with Crippen molar-refractivity contribution in [2.75, 3.05) is 19.8 Å². The van der Waals surface area contributed by atoms with Crippen LogP contribution in [0.2, 0.25) is 0 Å². The first kappa shape index (κ1) is 21.9. The van der Waals surface area contributed by atoms with Gasteiger partial charge in [-0.2, -0.15) is 0 Å². The molecule has 2 amide bonds. The molecule has 1 heterocycles. The number of hydrogen-bond donors (Lipinski definition) is 4. The van der Waals surface area contributed by atoms with Crippen LogP contribution in [0.5, 0.6) is 0 Å². The first-order valence-corrected chi connectivity index (χ1v) is 8.70. The average Bonchev–Trinajstić information content (AvgIpc) is 3.25. The summed E-state index contributed by atoms with van der Waals surface area (Å²) in [5.74, 6) is -2.71. The number of hydrogen-bond acceptors (Lipinski definition) is 8. The van der Waals surface area contributed by atoms with E-state index in [1.165, 1.54) is 12.3 Å². The van der Waals surface area contributed by atoms with E-state index >= 15 is 0 Å². The molecule has 0 fully saturated rings. The smallest absolute Gasteiger partial charge is 0.409 e. The van der Waals surface area contributed by atoms with Gasteiger partial charge in [0.05, 0.1) is 12.8 Å². The minimum absolute atomic E-state index is 0.0908. The number of aromatic nitrogens is 1. The molecule has 0 bridgehead atoms. The Morgan fingerprint density at radius 1 is 1.17 bits per heavy atom. The molecule has 0 radical (unpaired) electrons. The molecule has 156 valence electrons. The number of aliphatic carboxylic acids is 1. The molecule has 1 atom stereocenters. The van der Waals surface area contributed by atoms with Gasteiger partial charge in [0.25, 0.3) is 5.91 Å². The zero-order valence-corrected chi connectivity index (χ0v) is 15.5. The zero-order chi connectivity index (χ0) is 21.1. The molecule has 0 unspecified atom stereocenters. The Morgan fingerprint density at radius 2 is 1.93 bits per heavy atom. The van der Waals surface area contributed by atoms with Crippen molar-refractivity contribution in [3.05, 3.63) is 53.9 Å². The molecule has 1 aromatic carbocycles. The van der Waals surface area contributed by atoms with Crippen molar-refractivity contribution in [3.8, 4) is 0 Å². The van der Waals surface area contributed by atoms with Crippen molar-refractivity contribution in [2.45, 2.75) is 18.7 Å². The van der Waals surface area contributed by atoms with E-state index in [4.69, 9.17) is 19.7 Å². The number of carbonyl (C=O) groups excluding carboxylic acids is 2. The number of rotatable bonds is 11. The van der Waals surface area contributed by atoms with Crippen LogP contribution in [0.4, 0.5) is 4.79 Å². The monoisotopic (exact) mass is 406 g/mol. The SMILES string of the molecule is NCCCOC[C@@](NC(=O)OCc1ccccc1)(NC(=O)c1ccno1)C(=O)O. The van der Waals surface area contributed by atoms with Crippen LogP contribution in [0.1, 0.15) is 22.5 Å². The highest BCUT2D eigenvalue weighted by molar-refractivity contribution is 5.96. The van der Waals surface area contributed by atoms with E-state index in [1.807, 2.05) is 0 Å². The minimum Gasteiger partial charge on any atom is -0.478 e. The number of nitrogens with two attached hydrogens (primary N) is 1. The maximum atomic E-state index is 12.3. The number of nitrogens with zero attached hydrogens (tertiary/aromatic N) is 1. The predicted octanol–water partition coefficient (Wildman–Crippen LogP) is 0.477. The van der Waals surface area contributed by atoms with Gasteiger partial charge >= 0.3 is 12.1 Å². The highest BCUT2D eigenvalue weighted by atomic mass is 16.6. The third kappa shape index (κ3) is 6.59. The maximum absolute atomic E-state index is 12.3. The number of nitrogens with one attached hydrogen (secondary N) is 2. The number of carboxylic acid groups (broad SMARTS) is 1. The summed E-state index contributed by atoms with van der Waals surface area (Å²) >= 11 is 0. The fourth-order valence-electron chi connectivity index (χ4n) is 2.20. The summed E-state index contributed by atoms with van der Waals surface area (Å²) in [4.78, 5) is 36.5. The molecule has 0 saturated heterocycles. The molecule has 0 aliphatic rings. The molecule has 29 heavy (non-hydrogen) atoms. The van der Waals surface area contributed by atoms with Crippen molar-refractivity contribution in [2.24, 2.45) is 5.73 Å². The summed E-state index contributed by atoms with van der Waals surface area (Å²) in [7, 11) is 0. The molecular formula is C18H22N4O7. The summed E-state index contributed by atoms with van der Waals surface area (Å²) in [5.41, 5.74) is 3.79. The van der Waals surface area contributed by atoms with Crippen LogP contribution in [0.25, 0.3) is 0 Å². The molecule has 0 aliphatic heterocycles. The van der Waals surface area contributed by atoms with E-state index in [-0.39, 0.29) is 19.0 Å². The molecule has 0 saturated carbocycles. The first-order chi connectivity index (χ1) is 14.0. The number of benzene rings is 1. The number of carbonyl (C=O) groups is 3. The minimum atomic E-state index is -2.30. The van der Waals surface area contributed by atoms with Gasteiger partial charge in [0, 0.05) is 12.7 Å². The largest absolute Gasteiger partial charge is 0.478 e. The summed E-state index contributed by atoms with van der Waals surface area (Å²) in [6.07, 6.45) is 0.623. The number of alkyl carbamates (subject to hydrolysis) is 1. The van der Waals surface area contributed by atoms with Gasteiger partial charge in [-0.1, -0.05) is 35.5 Å². The van der Waals surface area contributed by atoms with Crippen LogP contribution in [0.3, 0.4) is 0 Å². The summed E-state index contributed by atoms with van der Waals surface area (Å²) in [6.45, 7) is -0.198. The lowest BCUT2D eigenvalue weighted by Crippen LogP contribution is -2.68. The Morgan fingerprint density at radius 3 is 2.55 bits per heavy atom. The van der Waals surface area contributed by atoms with Gasteiger partial charge in [0.2, 0.25) is 11.4 Å². The van der Waals surface area contributed by atoms with Gasteiger partial charge in [-0.05, 0) is 18.5 Å². The van der Waals surface area contributed by atoms with Gasteiger partial charge in [0.1, 0.15) is 6.61 Å². The average molecular weight is 406 g/mol. The molecule has 5 N–H and O–H groups in total. The second-order valence-corrected chi connectivity index (χ2v) is 5.92. The number of ether oxygens (including phenoxy) is 2. The lowest BCUT2D eigenvalue weighted by molar-refractivity contribution is -0.149. The van der Waals surface area contributed by atoms with Crippen LogP contribution < -0.4 is 16.4 Å². The van der Waals surface area contributed by atoms with E-state index in [2.05, 4.69) is 15.8 Å². The topological polar surface area (TPSA) is 166 Å². The fraction of sp³-hybridized carbons (Fsp3) is 0.333. The first-order valence-electron chi connectivity index (χ1n) is 8.70. The van der Waals surface area contributed by atoms with E-state index in [1.54, 1.807) is 30.3 Å².